The van der Waals surface area contributed by atoms with Gasteiger partial charge < -0.3 is 4.98 Å². The third-order valence-electron chi connectivity index (χ3n) is 1.27. The monoisotopic (exact) mass is 124 g/mol. The molecule has 49 valence electrons. The van der Waals surface area contributed by atoms with E-state index in [0.717, 1.165) is 12.8 Å². The van der Waals surface area contributed by atoms with Gasteiger partial charge in [0.15, 0.2) is 0 Å². The number of hydrogen-bond donors (Lipinski definition) is 1. The normalized spacial score (nSPS) is 9.89. The molecule has 0 saturated heterocycles. The van der Waals surface area contributed by atoms with Gasteiger partial charge in [0.25, 0.3) is 0 Å². The summed E-state index contributed by atoms with van der Waals surface area (Å²) in [5, 5.41) is 10.0. The maximum atomic E-state index is 10.0. The Morgan fingerprint density at radius 2 is 2.44 bits per heavy atom. The standard InChI is InChI=1S/C7H10NO/c9-5-1-2-7-3-4-8-6-7/h3-4,6,8H,1-2,5H2. The lowest BCUT2D eigenvalue weighted by Crippen LogP contribution is -1.84. The number of aromatic amines is 1. The number of aromatic nitrogens is 1. The van der Waals surface area contributed by atoms with Crippen LogP contribution in [-0.2, 0) is 11.5 Å². The van der Waals surface area contributed by atoms with E-state index in [9.17, 15) is 5.11 Å². The Bertz CT molecular complexity index is 146. The van der Waals surface area contributed by atoms with Crippen LogP contribution in [0, 0.1) is 0 Å². The number of H-pyrrole nitrogens is 1. The molecule has 9 heavy (non-hydrogen) atoms. The maximum Gasteiger partial charge on any atom is 0.0825 e. The first-order valence-corrected chi connectivity index (χ1v) is 3.13. The van der Waals surface area contributed by atoms with Crippen LogP contribution in [0.25, 0.3) is 0 Å². The van der Waals surface area contributed by atoms with Crippen LogP contribution in [0.2, 0.25) is 0 Å². The van der Waals surface area contributed by atoms with E-state index in [-0.39, 0.29) is 6.61 Å². The average molecular weight is 124 g/mol. The predicted octanol–water partition coefficient (Wildman–Crippen LogP) is 1.38. The molecule has 2 heteroatoms. The third kappa shape index (κ3) is 1.90. The molecule has 1 radical (unpaired) electrons. The van der Waals surface area contributed by atoms with Crippen molar-refractivity contribution in [2.45, 2.75) is 12.8 Å². The van der Waals surface area contributed by atoms with E-state index < -0.39 is 0 Å². The van der Waals surface area contributed by atoms with Gasteiger partial charge in [-0.25, -0.2) is 5.11 Å². The quantitative estimate of drug-likeness (QED) is 0.632. The number of aryl methyl sites for hydroxylation is 1. The minimum absolute atomic E-state index is 0.0329. The van der Waals surface area contributed by atoms with Crippen LogP contribution in [-0.4, -0.2) is 11.6 Å². The van der Waals surface area contributed by atoms with E-state index in [1.165, 1.54) is 5.56 Å². The van der Waals surface area contributed by atoms with Crippen LogP contribution >= 0.6 is 0 Å². The van der Waals surface area contributed by atoms with Gasteiger partial charge in [0.2, 0.25) is 0 Å². The van der Waals surface area contributed by atoms with Crippen LogP contribution in [0.3, 0.4) is 0 Å². The van der Waals surface area contributed by atoms with Crippen LogP contribution in [0.4, 0.5) is 0 Å². The highest BCUT2D eigenvalue weighted by molar-refractivity contribution is 5.07. The second-order valence-corrected chi connectivity index (χ2v) is 2.03. The lowest BCUT2D eigenvalue weighted by molar-refractivity contribution is 0.189. The topological polar surface area (TPSA) is 35.7 Å². The molecule has 0 aliphatic heterocycles. The van der Waals surface area contributed by atoms with Gasteiger partial charge in [0.05, 0.1) is 6.61 Å². The van der Waals surface area contributed by atoms with E-state index in [1.54, 1.807) is 0 Å². The molecule has 0 bridgehead atoms. The van der Waals surface area contributed by atoms with Crippen molar-refractivity contribution >= 4 is 0 Å². The Kier molecular flexibility index (Phi) is 2.33. The highest BCUT2D eigenvalue weighted by Crippen LogP contribution is 1.99. The van der Waals surface area contributed by atoms with E-state index in [2.05, 4.69) is 4.98 Å². The molecular formula is C7H10NO. The van der Waals surface area contributed by atoms with Crippen molar-refractivity contribution in [2.24, 2.45) is 0 Å². The van der Waals surface area contributed by atoms with Crippen molar-refractivity contribution in [1.29, 1.82) is 0 Å². The van der Waals surface area contributed by atoms with Crippen molar-refractivity contribution in [1.82, 2.24) is 4.98 Å². The lowest BCUT2D eigenvalue weighted by Gasteiger charge is -1.89. The summed E-state index contributed by atoms with van der Waals surface area (Å²) in [6.07, 6.45) is 5.46. The van der Waals surface area contributed by atoms with Gasteiger partial charge in [-0.05, 0) is 24.5 Å². The summed E-state index contributed by atoms with van der Waals surface area (Å²) in [6, 6.07) is 2.00. The number of nitrogens with one attached hydrogen (secondary N) is 1. The van der Waals surface area contributed by atoms with Gasteiger partial charge >= 0.3 is 0 Å². The van der Waals surface area contributed by atoms with E-state index in [4.69, 9.17) is 0 Å². The molecule has 0 aliphatic carbocycles. The molecule has 1 heterocycles. The average Bonchev–Trinajstić information content (AvgIpc) is 2.34. The Balaban J connectivity index is 2.30. The van der Waals surface area contributed by atoms with Crippen molar-refractivity contribution < 1.29 is 5.11 Å². The van der Waals surface area contributed by atoms with Crippen molar-refractivity contribution in [2.75, 3.05) is 6.61 Å². The molecule has 0 amide bonds. The first kappa shape index (κ1) is 6.36. The largest absolute Gasteiger partial charge is 0.367 e. The fourth-order valence-corrected chi connectivity index (χ4v) is 0.790. The first-order valence-electron chi connectivity index (χ1n) is 3.13. The molecule has 1 rings (SSSR count). The summed E-state index contributed by atoms with van der Waals surface area (Å²) in [5.41, 5.74) is 1.23. The highest BCUT2D eigenvalue weighted by Gasteiger charge is 1.89. The fraction of sp³-hybridized carbons (Fsp3) is 0.429. The van der Waals surface area contributed by atoms with Crippen LogP contribution in [0.15, 0.2) is 18.5 Å². The Morgan fingerprint density at radius 3 is 3.00 bits per heavy atom. The van der Waals surface area contributed by atoms with Gasteiger partial charge in [-0.3, -0.25) is 0 Å². The minimum atomic E-state index is 0.0329. The molecule has 2 nitrogen and oxygen atoms in total. The fourth-order valence-electron chi connectivity index (χ4n) is 0.790. The zero-order chi connectivity index (χ0) is 6.53. The predicted molar refractivity (Wildman–Crippen MR) is 34.7 cm³/mol. The van der Waals surface area contributed by atoms with Gasteiger partial charge in [0, 0.05) is 12.4 Å². The minimum Gasteiger partial charge on any atom is -0.367 e. The van der Waals surface area contributed by atoms with Crippen LogP contribution in [0.1, 0.15) is 12.0 Å². The smallest absolute Gasteiger partial charge is 0.0825 e. The zero-order valence-corrected chi connectivity index (χ0v) is 5.26. The Hall–Kier alpha value is -0.760. The molecule has 1 aromatic heterocycles. The summed E-state index contributed by atoms with van der Waals surface area (Å²) < 4.78 is 0. The molecule has 0 unspecified atom stereocenters. The van der Waals surface area contributed by atoms with Crippen LogP contribution in [0.5, 0.6) is 0 Å². The second kappa shape index (κ2) is 3.30. The van der Waals surface area contributed by atoms with Gasteiger partial charge in [-0.2, -0.15) is 0 Å². The lowest BCUT2D eigenvalue weighted by atomic mass is 10.2. The molecule has 1 N–H and O–H groups in total. The molecule has 0 spiro atoms. The second-order valence-electron chi connectivity index (χ2n) is 2.03. The summed E-state index contributed by atoms with van der Waals surface area (Å²) in [6.45, 7) is 0.0329. The summed E-state index contributed by atoms with van der Waals surface area (Å²) in [7, 11) is 0. The van der Waals surface area contributed by atoms with Crippen molar-refractivity contribution in [3.63, 3.8) is 0 Å². The first-order chi connectivity index (χ1) is 4.43. The van der Waals surface area contributed by atoms with Gasteiger partial charge in [-0.1, -0.05) is 0 Å². The Morgan fingerprint density at radius 1 is 1.56 bits per heavy atom. The SMILES string of the molecule is [O]CCCc1cc[nH]c1. The van der Waals surface area contributed by atoms with Gasteiger partial charge in [-0.15, -0.1) is 0 Å². The highest BCUT2D eigenvalue weighted by atomic mass is 16.2. The molecule has 0 aromatic carbocycles. The summed E-state index contributed by atoms with van der Waals surface area (Å²) in [5.74, 6) is 0. The molecule has 0 saturated carbocycles. The summed E-state index contributed by atoms with van der Waals surface area (Å²) in [4.78, 5) is 2.94. The van der Waals surface area contributed by atoms with Crippen molar-refractivity contribution in [3.05, 3.63) is 24.0 Å². The molecular weight excluding hydrogens is 114 g/mol. The maximum absolute atomic E-state index is 10.0. The molecule has 0 atom stereocenters. The zero-order valence-electron chi connectivity index (χ0n) is 5.26. The van der Waals surface area contributed by atoms with E-state index in [1.807, 2.05) is 18.5 Å². The number of rotatable bonds is 3. The van der Waals surface area contributed by atoms with E-state index >= 15 is 0 Å². The molecule has 1 aromatic rings. The number of hydrogen-bond acceptors (Lipinski definition) is 0. The van der Waals surface area contributed by atoms with Gasteiger partial charge in [0.1, 0.15) is 0 Å². The van der Waals surface area contributed by atoms with E-state index in [0.29, 0.717) is 0 Å². The molecule has 0 aliphatic rings. The Labute approximate surface area is 54.5 Å². The van der Waals surface area contributed by atoms with Crippen molar-refractivity contribution in [3.8, 4) is 0 Å². The third-order valence-corrected chi connectivity index (χ3v) is 1.27. The van der Waals surface area contributed by atoms with Crippen LogP contribution < -0.4 is 0 Å². The summed E-state index contributed by atoms with van der Waals surface area (Å²) >= 11 is 0. The molecule has 0 fully saturated rings.